The number of allylic oxidation sites excluding steroid dienone is 2. The van der Waals surface area contributed by atoms with E-state index in [2.05, 4.69) is 34.4 Å². The minimum absolute atomic E-state index is 0.175. The topological polar surface area (TPSA) is 241 Å². The van der Waals surface area contributed by atoms with Crippen LogP contribution in [0.3, 0.4) is 0 Å². The zero-order chi connectivity index (χ0) is 39.6. The van der Waals surface area contributed by atoms with Gasteiger partial charge in [0.25, 0.3) is 0 Å². The van der Waals surface area contributed by atoms with Crippen molar-refractivity contribution in [3.8, 4) is 0 Å². The lowest BCUT2D eigenvalue weighted by Gasteiger charge is -2.26. The number of nitrogens with one attached hydrogen (secondary N) is 4. The molecule has 0 aromatic carbocycles. The highest BCUT2D eigenvalue weighted by Gasteiger charge is 2.33. The van der Waals surface area contributed by atoms with E-state index in [9.17, 15) is 33.1 Å². The van der Waals surface area contributed by atoms with Crippen LogP contribution in [0.5, 0.6) is 0 Å². The van der Waals surface area contributed by atoms with Crippen molar-refractivity contribution >= 4 is 45.4 Å². The number of esters is 2. The van der Waals surface area contributed by atoms with Gasteiger partial charge in [0, 0.05) is 40.8 Å². The number of hydrogen-bond acceptors (Lipinski definition) is 15. The highest BCUT2D eigenvalue weighted by atomic mass is 31.2. The van der Waals surface area contributed by atoms with Gasteiger partial charge in [-0.15, -0.1) is 13.2 Å². The Morgan fingerprint density at radius 3 is 1.27 bits per heavy atom. The van der Waals surface area contributed by atoms with E-state index in [1.165, 1.54) is 52.0 Å². The van der Waals surface area contributed by atoms with Gasteiger partial charge in [0.15, 0.2) is 0 Å². The number of phosphoric acid groups is 2. The quantitative estimate of drug-likeness (QED) is 0.0386. The van der Waals surface area contributed by atoms with Crippen molar-refractivity contribution < 1.29 is 69.7 Å². The molecule has 0 saturated heterocycles. The molecule has 52 heavy (non-hydrogen) atoms. The highest BCUT2D eigenvalue weighted by Crippen LogP contribution is 2.50. The zero-order valence-corrected chi connectivity index (χ0v) is 32.2. The molecular weight excluding hydrogens is 730 g/mol. The lowest BCUT2D eigenvalue weighted by atomic mass is 10.1. The second-order valence-electron chi connectivity index (χ2n) is 10.3. The molecule has 4 N–H and O–H groups in total. The summed E-state index contributed by atoms with van der Waals surface area (Å²) in [5, 5.41) is 10.0. The number of phosphoric ester groups is 2. The van der Waals surface area contributed by atoms with Gasteiger partial charge in [-0.2, -0.15) is 0 Å². The van der Waals surface area contributed by atoms with Crippen LogP contribution in [0, 0.1) is 0 Å². The van der Waals surface area contributed by atoms with Gasteiger partial charge >= 0.3 is 33.6 Å². The molecule has 0 aliphatic carbocycles. The fraction of sp³-hybridized carbons (Fsp3) is 0.581. The zero-order valence-electron chi connectivity index (χ0n) is 30.4. The van der Waals surface area contributed by atoms with E-state index >= 15 is 0 Å². The molecule has 19 nitrogen and oxygen atoms in total. The summed E-state index contributed by atoms with van der Waals surface area (Å²) in [5.41, 5.74) is 0. The Bertz CT molecular complexity index is 1230. The Labute approximate surface area is 304 Å². The molecule has 0 heterocycles. The Morgan fingerprint density at radius 2 is 0.981 bits per heavy atom. The molecule has 21 heteroatoms. The maximum Gasteiger partial charge on any atom is 0.475 e. The van der Waals surface area contributed by atoms with Crippen molar-refractivity contribution in [2.45, 2.75) is 65.8 Å². The van der Waals surface area contributed by atoms with E-state index < -0.39 is 82.9 Å². The fourth-order valence-electron chi connectivity index (χ4n) is 3.79. The molecule has 296 valence electrons. The highest BCUT2D eigenvalue weighted by molar-refractivity contribution is 7.48. The Kier molecular flexibility index (Phi) is 25.1. The molecule has 0 radical (unpaired) electrons. The number of hydrogen-bond donors (Lipinski definition) is 4. The Balaban J connectivity index is 5.19. The van der Waals surface area contributed by atoms with Crippen LogP contribution >= 0.6 is 15.6 Å². The Morgan fingerprint density at radius 1 is 0.615 bits per heavy atom. The normalized spacial score (nSPS) is 16.0. The van der Waals surface area contributed by atoms with Gasteiger partial charge in [0.2, 0.25) is 11.8 Å². The molecule has 0 aromatic heterocycles. The van der Waals surface area contributed by atoms with Gasteiger partial charge in [-0.3, -0.25) is 46.3 Å². The summed E-state index contributed by atoms with van der Waals surface area (Å²) in [5.74, 6) is -2.18. The summed E-state index contributed by atoms with van der Waals surface area (Å²) in [6.45, 7) is 12.8. The molecule has 0 spiro atoms. The summed E-state index contributed by atoms with van der Waals surface area (Å²) in [4.78, 5) is 59.0. The molecular formula is C31H52N4O15P2. The van der Waals surface area contributed by atoms with Crippen LogP contribution in [-0.2, 0) is 64.9 Å². The molecule has 6 atom stereocenters. The predicted octanol–water partition coefficient (Wildman–Crippen LogP) is 3.00. The van der Waals surface area contributed by atoms with Crippen LogP contribution in [-0.4, -0.2) is 107 Å². The average Bonchev–Trinajstić information content (AvgIpc) is 3.06. The van der Waals surface area contributed by atoms with Crippen molar-refractivity contribution in [3.63, 3.8) is 0 Å². The van der Waals surface area contributed by atoms with Crippen molar-refractivity contribution in [2.75, 3.05) is 52.7 Å². The van der Waals surface area contributed by atoms with Gasteiger partial charge in [0.1, 0.15) is 12.2 Å². The molecule has 0 aliphatic rings. The summed E-state index contributed by atoms with van der Waals surface area (Å²) in [7, 11) is -8.55. The minimum atomic E-state index is -4.28. The van der Waals surface area contributed by atoms with E-state index in [0.29, 0.717) is 0 Å². The third-order valence-electron chi connectivity index (χ3n) is 5.74. The van der Waals surface area contributed by atoms with Crippen LogP contribution in [0.1, 0.15) is 41.5 Å². The van der Waals surface area contributed by atoms with Crippen LogP contribution in [0.2, 0.25) is 0 Å². The monoisotopic (exact) mass is 782 g/mol. The standard InChI is InChI=1S/C31H52N4O15P2/c1-9-13-29(49-25(7)38)27(34-23(5)36)21-47-51(41,43-17-11-3)45-19-15-32-31(40)33-16-20-46-52(42,44-18-12-4)48-22-28(35-24(6)37)30(14-10-2)50-26(8)39/h9-14,27-30H,3-4,15-22H2,1-2,5-8H3,(H,34,36)(H,35,37)(H2,32,33,40)/b13-9+,14-10+/t27-,28-,29+,30+,51?,52?/m0/s1. The summed E-state index contributed by atoms with van der Waals surface area (Å²) in [6.07, 6.45) is 6.91. The third kappa shape index (κ3) is 23.0. The molecule has 0 aromatic rings. The predicted molar refractivity (Wildman–Crippen MR) is 189 cm³/mol. The van der Waals surface area contributed by atoms with Crippen molar-refractivity contribution in [3.05, 3.63) is 49.6 Å². The van der Waals surface area contributed by atoms with E-state index in [1.54, 1.807) is 26.0 Å². The molecule has 0 rings (SSSR count). The number of urea groups is 1. The fourth-order valence-corrected chi connectivity index (χ4v) is 6.13. The first kappa shape index (κ1) is 48.3. The van der Waals surface area contributed by atoms with Crippen LogP contribution in [0.4, 0.5) is 4.79 Å². The summed E-state index contributed by atoms with van der Waals surface area (Å²) >= 11 is 0. The summed E-state index contributed by atoms with van der Waals surface area (Å²) in [6, 6.07) is -2.61. The van der Waals surface area contributed by atoms with Crippen molar-refractivity contribution in [1.29, 1.82) is 0 Å². The largest absolute Gasteiger partial charge is 0.475 e. The van der Waals surface area contributed by atoms with Gasteiger partial charge in [0.05, 0.1) is 51.7 Å². The van der Waals surface area contributed by atoms with Gasteiger partial charge in [-0.25, -0.2) is 13.9 Å². The maximum absolute atomic E-state index is 13.3. The van der Waals surface area contributed by atoms with Gasteiger partial charge in [-0.05, 0) is 26.0 Å². The lowest BCUT2D eigenvalue weighted by Crippen LogP contribution is -2.46. The van der Waals surface area contributed by atoms with E-state index in [1.807, 2.05) is 0 Å². The second-order valence-corrected chi connectivity index (χ2v) is 13.7. The molecule has 0 saturated carbocycles. The molecule has 0 aliphatic heterocycles. The maximum atomic E-state index is 13.3. The van der Waals surface area contributed by atoms with Crippen molar-refractivity contribution in [2.24, 2.45) is 0 Å². The first-order chi connectivity index (χ1) is 24.5. The third-order valence-corrected chi connectivity index (χ3v) is 8.60. The van der Waals surface area contributed by atoms with E-state index in [4.69, 9.17) is 36.6 Å². The number of amides is 4. The molecule has 2 unspecified atom stereocenters. The summed E-state index contributed by atoms with van der Waals surface area (Å²) < 4.78 is 68.8. The number of rotatable bonds is 28. The SMILES string of the molecule is C=CCOP(=O)(OCCNC(=O)NCCOP(=O)(OCC=C)OC[C@H](NC(C)=O)[C@@H](/C=C/C)OC(C)=O)OC[C@H](NC(C)=O)[C@@H](/C=C/C)OC(C)=O. The number of ether oxygens (including phenoxy) is 2. The second kappa shape index (κ2) is 27.0. The minimum Gasteiger partial charge on any atom is -0.456 e. The average molecular weight is 783 g/mol. The van der Waals surface area contributed by atoms with Gasteiger partial charge < -0.3 is 30.7 Å². The molecule has 0 fully saturated rings. The van der Waals surface area contributed by atoms with Crippen LogP contribution in [0.15, 0.2) is 49.6 Å². The Hall–Kier alpha value is -3.67. The molecule has 4 amide bonds. The number of carbonyl (C=O) groups is 5. The molecule has 0 bridgehead atoms. The van der Waals surface area contributed by atoms with E-state index in [0.717, 1.165) is 0 Å². The van der Waals surface area contributed by atoms with Gasteiger partial charge in [-0.1, -0.05) is 24.3 Å². The smallest absolute Gasteiger partial charge is 0.456 e. The lowest BCUT2D eigenvalue weighted by molar-refractivity contribution is -0.147. The number of carbonyl (C=O) groups excluding carboxylic acids is 5. The van der Waals surface area contributed by atoms with Crippen LogP contribution < -0.4 is 21.3 Å². The first-order valence-corrected chi connectivity index (χ1v) is 18.9. The van der Waals surface area contributed by atoms with Crippen LogP contribution in [0.25, 0.3) is 0 Å². The first-order valence-electron chi connectivity index (χ1n) is 16.0. The van der Waals surface area contributed by atoms with E-state index in [-0.39, 0.29) is 39.5 Å². The van der Waals surface area contributed by atoms with Crippen molar-refractivity contribution in [1.82, 2.24) is 21.3 Å².